The maximum atomic E-state index is 5.78. The SMILES string of the molecule is COc1cccc2c(C(C)C)c(CN)cnc12. The minimum atomic E-state index is 0.422. The number of pyridine rings is 1. The number of para-hydroxylation sites is 1. The first kappa shape index (κ1) is 11.9. The van der Waals surface area contributed by atoms with Gasteiger partial charge < -0.3 is 10.5 Å². The summed E-state index contributed by atoms with van der Waals surface area (Å²) < 4.78 is 5.34. The highest BCUT2D eigenvalue weighted by atomic mass is 16.5. The summed E-state index contributed by atoms with van der Waals surface area (Å²) in [6.07, 6.45) is 1.86. The second kappa shape index (κ2) is 4.72. The summed E-state index contributed by atoms with van der Waals surface area (Å²) in [4.78, 5) is 4.46. The number of methoxy groups -OCH3 is 1. The third-order valence-electron chi connectivity index (χ3n) is 3.00. The van der Waals surface area contributed by atoms with Gasteiger partial charge in [-0.15, -0.1) is 0 Å². The van der Waals surface area contributed by atoms with E-state index >= 15 is 0 Å². The average Bonchev–Trinajstić information content (AvgIpc) is 2.36. The highest BCUT2D eigenvalue weighted by molar-refractivity contribution is 5.88. The summed E-state index contributed by atoms with van der Waals surface area (Å²) in [6.45, 7) is 4.87. The summed E-state index contributed by atoms with van der Waals surface area (Å²) in [5, 5.41) is 1.14. The minimum Gasteiger partial charge on any atom is -0.494 e. The zero-order valence-electron chi connectivity index (χ0n) is 10.5. The van der Waals surface area contributed by atoms with Crippen LogP contribution in [0.1, 0.15) is 30.9 Å². The van der Waals surface area contributed by atoms with E-state index in [1.807, 2.05) is 18.3 Å². The molecule has 0 aliphatic heterocycles. The van der Waals surface area contributed by atoms with Gasteiger partial charge in [0.2, 0.25) is 0 Å². The number of rotatable bonds is 3. The number of ether oxygens (including phenoxy) is 1. The van der Waals surface area contributed by atoms with Crippen LogP contribution in [-0.2, 0) is 6.54 Å². The van der Waals surface area contributed by atoms with Gasteiger partial charge in [0.15, 0.2) is 0 Å². The molecule has 2 aromatic rings. The van der Waals surface area contributed by atoms with Crippen LogP contribution < -0.4 is 10.5 Å². The fourth-order valence-electron chi connectivity index (χ4n) is 2.27. The Hall–Kier alpha value is -1.61. The second-order valence-electron chi connectivity index (χ2n) is 4.41. The lowest BCUT2D eigenvalue weighted by Crippen LogP contribution is -2.05. The van der Waals surface area contributed by atoms with Crippen molar-refractivity contribution < 1.29 is 4.74 Å². The van der Waals surface area contributed by atoms with Crippen molar-refractivity contribution in [2.75, 3.05) is 7.11 Å². The third-order valence-corrected chi connectivity index (χ3v) is 3.00. The van der Waals surface area contributed by atoms with Crippen LogP contribution in [0.2, 0.25) is 0 Å². The van der Waals surface area contributed by atoms with Crippen molar-refractivity contribution >= 4 is 10.9 Å². The first-order valence-corrected chi connectivity index (χ1v) is 5.83. The largest absolute Gasteiger partial charge is 0.494 e. The number of hydrogen-bond acceptors (Lipinski definition) is 3. The Bertz CT molecular complexity index is 535. The Morgan fingerprint density at radius 3 is 2.71 bits per heavy atom. The highest BCUT2D eigenvalue weighted by Gasteiger charge is 2.13. The molecule has 1 aromatic heterocycles. The quantitative estimate of drug-likeness (QED) is 0.882. The molecule has 1 aromatic carbocycles. The van der Waals surface area contributed by atoms with Gasteiger partial charge in [0, 0.05) is 18.1 Å². The molecule has 2 rings (SSSR count). The van der Waals surface area contributed by atoms with E-state index in [1.54, 1.807) is 7.11 Å². The van der Waals surface area contributed by atoms with Gasteiger partial charge >= 0.3 is 0 Å². The van der Waals surface area contributed by atoms with Gasteiger partial charge in [0.25, 0.3) is 0 Å². The molecule has 0 unspecified atom stereocenters. The molecule has 0 aliphatic rings. The number of nitrogens with two attached hydrogens (primary N) is 1. The fourth-order valence-corrected chi connectivity index (χ4v) is 2.27. The van der Waals surface area contributed by atoms with Crippen LogP contribution in [-0.4, -0.2) is 12.1 Å². The van der Waals surface area contributed by atoms with E-state index in [4.69, 9.17) is 10.5 Å². The Kier molecular flexibility index (Phi) is 3.29. The van der Waals surface area contributed by atoms with Crippen LogP contribution in [0.3, 0.4) is 0 Å². The Morgan fingerprint density at radius 1 is 1.35 bits per heavy atom. The first-order valence-electron chi connectivity index (χ1n) is 5.83. The number of hydrogen-bond donors (Lipinski definition) is 1. The van der Waals surface area contributed by atoms with Crippen molar-refractivity contribution in [3.63, 3.8) is 0 Å². The molecule has 0 bridgehead atoms. The van der Waals surface area contributed by atoms with E-state index < -0.39 is 0 Å². The van der Waals surface area contributed by atoms with E-state index in [0.717, 1.165) is 22.2 Å². The van der Waals surface area contributed by atoms with Crippen molar-refractivity contribution in [1.82, 2.24) is 4.98 Å². The average molecular weight is 230 g/mol. The van der Waals surface area contributed by atoms with Crippen LogP contribution >= 0.6 is 0 Å². The molecule has 0 fully saturated rings. The third kappa shape index (κ3) is 1.98. The van der Waals surface area contributed by atoms with E-state index in [0.29, 0.717) is 12.5 Å². The van der Waals surface area contributed by atoms with Gasteiger partial charge in [-0.25, -0.2) is 0 Å². The maximum Gasteiger partial charge on any atom is 0.145 e. The maximum absolute atomic E-state index is 5.78. The van der Waals surface area contributed by atoms with Crippen LogP contribution in [0.25, 0.3) is 10.9 Å². The predicted octanol–water partition coefficient (Wildman–Crippen LogP) is 2.83. The van der Waals surface area contributed by atoms with Gasteiger partial charge in [0.1, 0.15) is 11.3 Å². The van der Waals surface area contributed by atoms with Gasteiger partial charge in [-0.1, -0.05) is 26.0 Å². The van der Waals surface area contributed by atoms with Crippen LogP contribution in [0.15, 0.2) is 24.4 Å². The van der Waals surface area contributed by atoms with Gasteiger partial charge in [-0.3, -0.25) is 4.98 Å². The van der Waals surface area contributed by atoms with Crippen molar-refractivity contribution in [3.05, 3.63) is 35.5 Å². The lowest BCUT2D eigenvalue weighted by Gasteiger charge is -2.15. The standard InChI is InChI=1S/C14H18N2O/c1-9(2)13-10(7-15)8-16-14-11(13)5-4-6-12(14)17-3/h4-6,8-9H,7,15H2,1-3H3. The molecule has 3 nitrogen and oxygen atoms in total. The first-order chi connectivity index (χ1) is 8.19. The number of benzene rings is 1. The monoisotopic (exact) mass is 230 g/mol. The summed E-state index contributed by atoms with van der Waals surface area (Å²) in [5.41, 5.74) is 9.08. The molecule has 0 saturated heterocycles. The molecule has 0 spiro atoms. The molecular weight excluding hydrogens is 212 g/mol. The zero-order valence-corrected chi connectivity index (χ0v) is 10.5. The lowest BCUT2D eigenvalue weighted by molar-refractivity contribution is 0.419. The molecule has 3 heteroatoms. The summed E-state index contributed by atoms with van der Waals surface area (Å²) in [5.74, 6) is 1.24. The van der Waals surface area contributed by atoms with E-state index in [9.17, 15) is 0 Å². The minimum absolute atomic E-state index is 0.422. The zero-order chi connectivity index (χ0) is 12.4. The summed E-state index contributed by atoms with van der Waals surface area (Å²) in [7, 11) is 1.67. The number of nitrogens with zero attached hydrogens (tertiary/aromatic N) is 1. The molecule has 0 aliphatic carbocycles. The topological polar surface area (TPSA) is 48.1 Å². The van der Waals surface area contributed by atoms with Crippen molar-refractivity contribution in [2.24, 2.45) is 5.73 Å². The van der Waals surface area contributed by atoms with E-state index in [2.05, 4.69) is 24.9 Å². The Morgan fingerprint density at radius 2 is 2.12 bits per heavy atom. The van der Waals surface area contributed by atoms with E-state index in [1.165, 1.54) is 5.56 Å². The Balaban J connectivity index is 2.81. The number of fused-ring (bicyclic) bond motifs is 1. The van der Waals surface area contributed by atoms with Gasteiger partial charge in [-0.2, -0.15) is 0 Å². The highest BCUT2D eigenvalue weighted by Crippen LogP contribution is 2.31. The Labute approximate surface area is 102 Å². The van der Waals surface area contributed by atoms with Crippen molar-refractivity contribution in [3.8, 4) is 5.75 Å². The predicted molar refractivity (Wildman–Crippen MR) is 70.3 cm³/mol. The lowest BCUT2D eigenvalue weighted by atomic mass is 9.94. The molecule has 2 N–H and O–H groups in total. The molecule has 0 atom stereocenters. The van der Waals surface area contributed by atoms with Crippen LogP contribution in [0, 0.1) is 0 Å². The van der Waals surface area contributed by atoms with Crippen LogP contribution in [0.5, 0.6) is 5.75 Å². The fraction of sp³-hybridized carbons (Fsp3) is 0.357. The molecular formula is C14H18N2O. The molecule has 0 amide bonds. The summed E-state index contributed by atoms with van der Waals surface area (Å²) in [6, 6.07) is 6.01. The summed E-state index contributed by atoms with van der Waals surface area (Å²) >= 11 is 0. The number of aromatic nitrogens is 1. The smallest absolute Gasteiger partial charge is 0.145 e. The van der Waals surface area contributed by atoms with Gasteiger partial charge in [-0.05, 0) is 23.1 Å². The molecule has 17 heavy (non-hydrogen) atoms. The van der Waals surface area contributed by atoms with E-state index in [-0.39, 0.29) is 0 Å². The second-order valence-corrected chi connectivity index (χ2v) is 4.41. The van der Waals surface area contributed by atoms with Crippen molar-refractivity contribution in [1.29, 1.82) is 0 Å². The molecule has 0 saturated carbocycles. The molecule has 90 valence electrons. The normalized spacial score (nSPS) is 11.1. The molecule has 0 radical (unpaired) electrons. The van der Waals surface area contributed by atoms with Gasteiger partial charge in [0.05, 0.1) is 7.11 Å². The van der Waals surface area contributed by atoms with Crippen molar-refractivity contribution in [2.45, 2.75) is 26.3 Å². The van der Waals surface area contributed by atoms with Crippen LogP contribution in [0.4, 0.5) is 0 Å². The molecule has 1 heterocycles.